The first-order valence-corrected chi connectivity index (χ1v) is 4.24. The topological polar surface area (TPSA) is 27.8 Å². The number of H-pyrrole nitrogens is 1. The highest BCUT2D eigenvalue weighted by Crippen LogP contribution is 2.25. The van der Waals surface area contributed by atoms with Gasteiger partial charge in [-0.3, -0.25) is 0 Å². The molecule has 2 heterocycles. The molecule has 2 heteroatoms. The molecule has 0 spiro atoms. The molecule has 0 bridgehead atoms. The van der Waals surface area contributed by atoms with Gasteiger partial charge in [-0.25, -0.2) is 0 Å². The van der Waals surface area contributed by atoms with Crippen molar-refractivity contribution in [3.63, 3.8) is 0 Å². The van der Waals surface area contributed by atoms with Gasteiger partial charge in [0, 0.05) is 30.4 Å². The van der Waals surface area contributed by atoms with Crippen LogP contribution in [-0.2, 0) is 13.1 Å². The van der Waals surface area contributed by atoms with Gasteiger partial charge in [-0.2, -0.15) is 0 Å². The number of nitrogens with one attached hydrogen (secondary N) is 2. The van der Waals surface area contributed by atoms with Gasteiger partial charge in [0.15, 0.2) is 0 Å². The molecule has 2 aromatic rings. The Hall–Kier alpha value is -1.28. The third-order valence-corrected chi connectivity index (χ3v) is 2.50. The molecule has 0 fully saturated rings. The van der Waals surface area contributed by atoms with Crippen LogP contribution >= 0.6 is 0 Å². The smallest absolute Gasteiger partial charge is 0.0371 e. The normalized spacial score (nSPS) is 15.3. The predicted octanol–water partition coefficient (Wildman–Crippen LogP) is 1.77. The zero-order chi connectivity index (χ0) is 7.97. The van der Waals surface area contributed by atoms with E-state index in [1.165, 1.54) is 22.0 Å². The standard InChI is InChI=1S/C10H10N2/c1-2-7-4-11-6-9-10(7)8(3-1)5-12-9/h1-3,5,11-12H,4,6H2. The number of aromatic amines is 1. The Morgan fingerprint density at radius 1 is 1.17 bits per heavy atom. The highest BCUT2D eigenvalue weighted by Gasteiger charge is 2.11. The Bertz CT molecular complexity index is 428. The zero-order valence-electron chi connectivity index (χ0n) is 6.72. The highest BCUT2D eigenvalue weighted by molar-refractivity contribution is 5.88. The summed E-state index contributed by atoms with van der Waals surface area (Å²) >= 11 is 0. The van der Waals surface area contributed by atoms with Gasteiger partial charge >= 0.3 is 0 Å². The van der Waals surface area contributed by atoms with Crippen LogP contribution in [0.15, 0.2) is 24.4 Å². The van der Waals surface area contributed by atoms with Crippen LogP contribution in [0.2, 0.25) is 0 Å². The van der Waals surface area contributed by atoms with E-state index < -0.39 is 0 Å². The third-order valence-electron chi connectivity index (χ3n) is 2.50. The van der Waals surface area contributed by atoms with E-state index in [4.69, 9.17) is 0 Å². The average Bonchev–Trinajstić information content (AvgIpc) is 2.52. The second-order valence-electron chi connectivity index (χ2n) is 3.25. The van der Waals surface area contributed by atoms with Crippen molar-refractivity contribution >= 4 is 10.8 Å². The molecule has 0 saturated heterocycles. The lowest BCUT2D eigenvalue weighted by atomic mass is 10.0. The molecule has 2 nitrogen and oxygen atoms in total. The summed E-state index contributed by atoms with van der Waals surface area (Å²) in [5.74, 6) is 0. The fourth-order valence-corrected chi connectivity index (χ4v) is 1.95. The molecule has 0 unspecified atom stereocenters. The summed E-state index contributed by atoms with van der Waals surface area (Å²) in [7, 11) is 0. The minimum Gasteiger partial charge on any atom is -0.363 e. The molecule has 3 rings (SSSR count). The molecule has 2 N–H and O–H groups in total. The fraction of sp³-hybridized carbons (Fsp3) is 0.200. The molecule has 1 aliphatic heterocycles. The molecular formula is C10H10N2. The van der Waals surface area contributed by atoms with Crippen LogP contribution in [-0.4, -0.2) is 4.98 Å². The molecule has 1 aromatic carbocycles. The van der Waals surface area contributed by atoms with Crippen molar-refractivity contribution in [1.29, 1.82) is 0 Å². The number of hydrogen-bond acceptors (Lipinski definition) is 1. The van der Waals surface area contributed by atoms with Crippen molar-refractivity contribution in [3.8, 4) is 0 Å². The maximum Gasteiger partial charge on any atom is 0.0371 e. The summed E-state index contributed by atoms with van der Waals surface area (Å²) in [6.45, 7) is 1.97. The Labute approximate surface area is 70.6 Å². The lowest BCUT2D eigenvalue weighted by molar-refractivity contribution is 0.672. The van der Waals surface area contributed by atoms with Crippen molar-refractivity contribution in [2.24, 2.45) is 0 Å². The van der Waals surface area contributed by atoms with Gasteiger partial charge in [-0.1, -0.05) is 18.2 Å². The third kappa shape index (κ3) is 0.676. The summed E-state index contributed by atoms with van der Waals surface area (Å²) in [5, 5.41) is 6.12. The van der Waals surface area contributed by atoms with Crippen LogP contribution in [0.4, 0.5) is 0 Å². The van der Waals surface area contributed by atoms with Crippen LogP contribution < -0.4 is 5.32 Å². The minimum atomic E-state index is 0.973. The van der Waals surface area contributed by atoms with Crippen LogP contribution in [0.5, 0.6) is 0 Å². The maximum atomic E-state index is 3.36. The van der Waals surface area contributed by atoms with E-state index in [1.807, 2.05) is 0 Å². The maximum absolute atomic E-state index is 3.36. The summed E-state index contributed by atoms with van der Waals surface area (Å²) in [4.78, 5) is 3.29. The highest BCUT2D eigenvalue weighted by atomic mass is 14.9. The summed E-state index contributed by atoms with van der Waals surface area (Å²) < 4.78 is 0. The average molecular weight is 158 g/mol. The molecule has 0 saturated carbocycles. The first-order chi connectivity index (χ1) is 5.95. The van der Waals surface area contributed by atoms with Crippen LogP contribution in [0.1, 0.15) is 11.3 Å². The fourth-order valence-electron chi connectivity index (χ4n) is 1.95. The van der Waals surface area contributed by atoms with Gasteiger partial charge < -0.3 is 10.3 Å². The van der Waals surface area contributed by atoms with Gasteiger partial charge in [0.1, 0.15) is 0 Å². The Balaban J connectivity index is 2.50. The van der Waals surface area contributed by atoms with E-state index in [0.29, 0.717) is 0 Å². The van der Waals surface area contributed by atoms with E-state index >= 15 is 0 Å². The molecule has 0 aliphatic carbocycles. The quantitative estimate of drug-likeness (QED) is 0.601. The number of benzene rings is 1. The predicted molar refractivity (Wildman–Crippen MR) is 48.8 cm³/mol. The molecular weight excluding hydrogens is 148 g/mol. The zero-order valence-corrected chi connectivity index (χ0v) is 6.72. The monoisotopic (exact) mass is 158 g/mol. The molecule has 12 heavy (non-hydrogen) atoms. The largest absolute Gasteiger partial charge is 0.363 e. The first-order valence-electron chi connectivity index (χ1n) is 4.24. The first kappa shape index (κ1) is 6.26. The minimum absolute atomic E-state index is 0.973. The molecule has 0 radical (unpaired) electrons. The van der Waals surface area contributed by atoms with Crippen LogP contribution in [0.25, 0.3) is 10.8 Å². The second kappa shape index (κ2) is 2.11. The molecule has 0 amide bonds. The molecule has 0 atom stereocenters. The van der Waals surface area contributed by atoms with E-state index in [2.05, 4.69) is 34.7 Å². The van der Waals surface area contributed by atoms with E-state index in [9.17, 15) is 0 Å². The summed E-state index contributed by atoms with van der Waals surface area (Å²) in [6.07, 6.45) is 2.08. The Morgan fingerprint density at radius 2 is 2.17 bits per heavy atom. The Kier molecular flexibility index (Phi) is 1.10. The van der Waals surface area contributed by atoms with Crippen molar-refractivity contribution in [3.05, 3.63) is 35.7 Å². The van der Waals surface area contributed by atoms with Crippen molar-refractivity contribution in [2.75, 3.05) is 0 Å². The van der Waals surface area contributed by atoms with E-state index in [1.54, 1.807) is 0 Å². The van der Waals surface area contributed by atoms with Gasteiger partial charge in [-0.05, 0) is 10.9 Å². The van der Waals surface area contributed by atoms with E-state index in [0.717, 1.165) is 13.1 Å². The van der Waals surface area contributed by atoms with Crippen LogP contribution in [0.3, 0.4) is 0 Å². The lowest BCUT2D eigenvalue weighted by Crippen LogP contribution is -2.17. The van der Waals surface area contributed by atoms with Crippen molar-refractivity contribution < 1.29 is 0 Å². The Morgan fingerprint density at radius 3 is 3.17 bits per heavy atom. The molecule has 1 aromatic heterocycles. The van der Waals surface area contributed by atoms with Gasteiger partial charge in [-0.15, -0.1) is 0 Å². The molecule has 60 valence electrons. The second-order valence-corrected chi connectivity index (χ2v) is 3.25. The number of hydrogen-bond donors (Lipinski definition) is 2. The lowest BCUT2D eigenvalue weighted by Gasteiger charge is -2.13. The van der Waals surface area contributed by atoms with Gasteiger partial charge in [0.25, 0.3) is 0 Å². The van der Waals surface area contributed by atoms with Gasteiger partial charge in [0.2, 0.25) is 0 Å². The summed E-state index contributed by atoms with van der Waals surface area (Å²) in [5.41, 5.74) is 2.74. The number of aromatic nitrogens is 1. The molecule has 1 aliphatic rings. The van der Waals surface area contributed by atoms with Crippen LogP contribution in [0, 0.1) is 0 Å². The number of rotatable bonds is 0. The summed E-state index contributed by atoms with van der Waals surface area (Å²) in [6, 6.07) is 6.46. The SMILES string of the molecule is c1cc2c3c([nH]cc3c1)CNC2. The van der Waals surface area contributed by atoms with Crippen molar-refractivity contribution in [2.45, 2.75) is 13.1 Å². The van der Waals surface area contributed by atoms with Crippen molar-refractivity contribution in [1.82, 2.24) is 10.3 Å². The van der Waals surface area contributed by atoms with E-state index in [-0.39, 0.29) is 0 Å². The van der Waals surface area contributed by atoms with Gasteiger partial charge in [0.05, 0.1) is 0 Å².